The third kappa shape index (κ3) is 2.07. The highest BCUT2D eigenvalue weighted by molar-refractivity contribution is 6.17. The second-order valence-corrected chi connectivity index (χ2v) is 4.49. The molecule has 0 amide bonds. The Morgan fingerprint density at radius 2 is 2.19 bits per heavy atom. The minimum Gasteiger partial charge on any atom is -0.328 e. The van der Waals surface area contributed by atoms with Crippen molar-refractivity contribution in [1.82, 2.24) is 9.55 Å². The average Bonchev–Trinajstić information content (AvgIpc) is 2.58. The SMILES string of the molecule is CCCn1c(CCCl)nc2ccc(C)cc21. The Labute approximate surface area is 101 Å². The molecule has 2 aromatic rings. The van der Waals surface area contributed by atoms with Crippen molar-refractivity contribution in [2.24, 2.45) is 0 Å². The van der Waals surface area contributed by atoms with E-state index >= 15 is 0 Å². The number of rotatable bonds is 4. The molecule has 2 nitrogen and oxygen atoms in total. The maximum Gasteiger partial charge on any atom is 0.111 e. The summed E-state index contributed by atoms with van der Waals surface area (Å²) >= 11 is 5.81. The number of aryl methyl sites for hydroxylation is 3. The van der Waals surface area contributed by atoms with Crippen LogP contribution < -0.4 is 0 Å². The van der Waals surface area contributed by atoms with E-state index in [-0.39, 0.29) is 0 Å². The lowest BCUT2D eigenvalue weighted by molar-refractivity contribution is 0.660. The lowest BCUT2D eigenvalue weighted by Crippen LogP contribution is -2.04. The van der Waals surface area contributed by atoms with E-state index in [4.69, 9.17) is 11.6 Å². The largest absolute Gasteiger partial charge is 0.328 e. The molecule has 0 N–H and O–H groups in total. The van der Waals surface area contributed by atoms with Gasteiger partial charge in [0.15, 0.2) is 0 Å². The van der Waals surface area contributed by atoms with Crippen molar-refractivity contribution in [3.05, 3.63) is 29.6 Å². The summed E-state index contributed by atoms with van der Waals surface area (Å²) in [5.41, 5.74) is 3.60. The molecule has 0 spiro atoms. The molecule has 2 rings (SSSR count). The van der Waals surface area contributed by atoms with Gasteiger partial charge in [0.25, 0.3) is 0 Å². The van der Waals surface area contributed by atoms with Crippen molar-refractivity contribution in [2.75, 3.05) is 5.88 Å². The second-order valence-electron chi connectivity index (χ2n) is 4.11. The molecular formula is C13H17ClN2. The van der Waals surface area contributed by atoms with E-state index in [2.05, 4.69) is 41.6 Å². The minimum absolute atomic E-state index is 0.631. The molecule has 0 aliphatic rings. The Bertz CT molecular complexity index is 488. The molecule has 16 heavy (non-hydrogen) atoms. The molecule has 3 heteroatoms. The van der Waals surface area contributed by atoms with E-state index in [1.165, 1.54) is 11.1 Å². The number of benzene rings is 1. The highest BCUT2D eigenvalue weighted by Gasteiger charge is 2.09. The van der Waals surface area contributed by atoms with Gasteiger partial charge >= 0.3 is 0 Å². The number of alkyl halides is 1. The zero-order valence-electron chi connectivity index (χ0n) is 9.83. The number of hydrogen-bond donors (Lipinski definition) is 0. The fourth-order valence-electron chi connectivity index (χ4n) is 2.03. The van der Waals surface area contributed by atoms with Crippen molar-refractivity contribution in [3.63, 3.8) is 0 Å². The fourth-order valence-corrected chi connectivity index (χ4v) is 2.20. The maximum absolute atomic E-state index is 5.81. The number of hydrogen-bond acceptors (Lipinski definition) is 1. The zero-order valence-corrected chi connectivity index (χ0v) is 10.6. The lowest BCUT2D eigenvalue weighted by Gasteiger charge is -2.06. The Kier molecular flexibility index (Phi) is 3.49. The van der Waals surface area contributed by atoms with Crippen molar-refractivity contribution >= 4 is 22.6 Å². The highest BCUT2D eigenvalue weighted by Crippen LogP contribution is 2.19. The Hall–Kier alpha value is -1.02. The summed E-state index contributed by atoms with van der Waals surface area (Å²) in [7, 11) is 0. The van der Waals surface area contributed by atoms with Crippen molar-refractivity contribution < 1.29 is 0 Å². The monoisotopic (exact) mass is 236 g/mol. The van der Waals surface area contributed by atoms with Crippen molar-refractivity contribution in [1.29, 1.82) is 0 Å². The van der Waals surface area contributed by atoms with Gasteiger partial charge in [-0.2, -0.15) is 0 Å². The molecule has 0 atom stereocenters. The predicted octanol–water partition coefficient (Wildman–Crippen LogP) is 3.54. The molecule has 86 valence electrons. The van der Waals surface area contributed by atoms with Gasteiger partial charge in [-0.25, -0.2) is 4.98 Å². The van der Waals surface area contributed by atoms with E-state index in [1.54, 1.807) is 0 Å². The van der Waals surface area contributed by atoms with Crippen LogP contribution in [0.2, 0.25) is 0 Å². The molecule has 0 radical (unpaired) electrons. The number of halogens is 1. The van der Waals surface area contributed by atoms with E-state index in [1.807, 2.05) is 0 Å². The quantitative estimate of drug-likeness (QED) is 0.743. The second kappa shape index (κ2) is 4.88. The summed E-state index contributed by atoms with van der Waals surface area (Å²) in [6.45, 7) is 5.32. The molecule has 0 unspecified atom stereocenters. The average molecular weight is 237 g/mol. The van der Waals surface area contributed by atoms with Crippen molar-refractivity contribution in [2.45, 2.75) is 33.2 Å². The van der Waals surface area contributed by atoms with Crippen LogP contribution in [0.1, 0.15) is 24.7 Å². The number of fused-ring (bicyclic) bond motifs is 1. The number of imidazole rings is 1. The Balaban J connectivity index is 2.57. The van der Waals surface area contributed by atoms with Gasteiger partial charge in [0, 0.05) is 18.8 Å². The van der Waals surface area contributed by atoms with Gasteiger partial charge in [-0.1, -0.05) is 13.0 Å². The molecule has 0 saturated carbocycles. The first-order valence-electron chi connectivity index (χ1n) is 5.78. The van der Waals surface area contributed by atoms with E-state index in [0.29, 0.717) is 5.88 Å². The summed E-state index contributed by atoms with van der Waals surface area (Å²) in [6.07, 6.45) is 1.96. The summed E-state index contributed by atoms with van der Waals surface area (Å²) < 4.78 is 2.30. The Morgan fingerprint density at radius 3 is 2.88 bits per heavy atom. The molecule has 1 aromatic carbocycles. The van der Waals surface area contributed by atoms with Crippen LogP contribution in [0.25, 0.3) is 11.0 Å². The van der Waals surface area contributed by atoms with Gasteiger partial charge in [-0.15, -0.1) is 11.6 Å². The molecule has 0 aliphatic heterocycles. The standard InChI is InChI=1S/C13H17ClN2/c1-3-8-16-12-9-10(2)4-5-11(12)15-13(16)6-7-14/h4-5,9H,3,6-8H2,1-2H3. The van der Waals surface area contributed by atoms with Crippen molar-refractivity contribution in [3.8, 4) is 0 Å². The summed E-state index contributed by atoms with van der Waals surface area (Å²) in [5, 5.41) is 0. The molecule has 0 aliphatic carbocycles. The van der Waals surface area contributed by atoms with Gasteiger partial charge in [0.05, 0.1) is 11.0 Å². The molecular weight excluding hydrogens is 220 g/mol. The molecule has 1 heterocycles. The third-order valence-corrected chi connectivity index (χ3v) is 2.94. The van der Waals surface area contributed by atoms with Crippen LogP contribution in [-0.4, -0.2) is 15.4 Å². The van der Waals surface area contributed by atoms with Gasteiger partial charge in [0.2, 0.25) is 0 Å². The van der Waals surface area contributed by atoms with Crippen LogP contribution in [-0.2, 0) is 13.0 Å². The molecule has 1 aromatic heterocycles. The van der Waals surface area contributed by atoms with E-state index in [0.717, 1.165) is 30.7 Å². The molecule has 0 saturated heterocycles. The first-order valence-corrected chi connectivity index (χ1v) is 6.31. The number of aromatic nitrogens is 2. The smallest absolute Gasteiger partial charge is 0.111 e. The van der Waals surface area contributed by atoms with Crippen LogP contribution in [0.5, 0.6) is 0 Å². The first-order chi connectivity index (χ1) is 7.76. The van der Waals surface area contributed by atoms with Crippen LogP contribution >= 0.6 is 11.6 Å². The topological polar surface area (TPSA) is 17.8 Å². The third-order valence-electron chi connectivity index (χ3n) is 2.75. The van der Waals surface area contributed by atoms with Crippen LogP contribution in [0.3, 0.4) is 0 Å². The van der Waals surface area contributed by atoms with Crippen LogP contribution in [0.4, 0.5) is 0 Å². The summed E-state index contributed by atoms with van der Waals surface area (Å²) in [5.74, 6) is 1.74. The van der Waals surface area contributed by atoms with Gasteiger partial charge < -0.3 is 4.57 Å². The van der Waals surface area contributed by atoms with Gasteiger partial charge in [0.1, 0.15) is 5.82 Å². The Morgan fingerprint density at radius 1 is 1.38 bits per heavy atom. The lowest BCUT2D eigenvalue weighted by atomic mass is 10.2. The van der Waals surface area contributed by atoms with E-state index < -0.39 is 0 Å². The van der Waals surface area contributed by atoms with E-state index in [9.17, 15) is 0 Å². The minimum atomic E-state index is 0.631. The fraction of sp³-hybridized carbons (Fsp3) is 0.462. The van der Waals surface area contributed by atoms with Crippen LogP contribution in [0.15, 0.2) is 18.2 Å². The molecule has 0 bridgehead atoms. The van der Waals surface area contributed by atoms with Gasteiger partial charge in [-0.05, 0) is 31.0 Å². The number of nitrogens with zero attached hydrogens (tertiary/aromatic N) is 2. The normalized spacial score (nSPS) is 11.2. The highest BCUT2D eigenvalue weighted by atomic mass is 35.5. The summed E-state index contributed by atoms with van der Waals surface area (Å²) in [6, 6.07) is 6.40. The van der Waals surface area contributed by atoms with Crippen LogP contribution in [0, 0.1) is 6.92 Å². The summed E-state index contributed by atoms with van der Waals surface area (Å²) in [4.78, 5) is 4.64. The van der Waals surface area contributed by atoms with Gasteiger partial charge in [-0.3, -0.25) is 0 Å². The zero-order chi connectivity index (χ0) is 11.5. The predicted molar refractivity (Wildman–Crippen MR) is 69.2 cm³/mol. The maximum atomic E-state index is 5.81. The first kappa shape index (κ1) is 11.5. The molecule has 0 fully saturated rings.